The van der Waals surface area contributed by atoms with Gasteiger partial charge in [-0.25, -0.2) is 0 Å². The molecule has 0 aromatic carbocycles. The van der Waals surface area contributed by atoms with Crippen LogP contribution in [0.2, 0.25) is 0 Å². The maximum absolute atomic E-state index is 10.8. The number of ether oxygens (including phenoxy) is 1. The van der Waals surface area contributed by atoms with Gasteiger partial charge < -0.3 is 10.5 Å². The topological polar surface area (TPSA) is 55.6 Å². The van der Waals surface area contributed by atoms with E-state index in [1.54, 1.807) is 0 Å². The Bertz CT molecular complexity index is 204. The van der Waals surface area contributed by atoms with Crippen molar-refractivity contribution in [2.75, 3.05) is 19.7 Å². The van der Waals surface area contributed by atoms with Gasteiger partial charge in [-0.2, -0.15) is 0 Å². The average molecular weight is 186 g/mol. The molecule has 0 radical (unpaired) electrons. The van der Waals surface area contributed by atoms with Gasteiger partial charge in [0.2, 0.25) is 5.91 Å². The number of carbonyl (C=O) groups is 1. The molecular formula is C9H18N2O2. The van der Waals surface area contributed by atoms with Crippen LogP contribution in [0, 0.1) is 0 Å². The summed E-state index contributed by atoms with van der Waals surface area (Å²) in [6.07, 6.45) is 0. The molecule has 0 aliphatic carbocycles. The van der Waals surface area contributed by atoms with E-state index in [4.69, 9.17) is 10.5 Å². The molecule has 1 atom stereocenters. The van der Waals surface area contributed by atoms with Crippen LogP contribution in [0.25, 0.3) is 0 Å². The summed E-state index contributed by atoms with van der Waals surface area (Å²) in [5.41, 5.74) is 4.99. The Morgan fingerprint density at radius 2 is 2.31 bits per heavy atom. The third kappa shape index (κ3) is 2.97. The van der Waals surface area contributed by atoms with Gasteiger partial charge in [0, 0.05) is 12.6 Å². The number of nitrogens with two attached hydrogens (primary N) is 1. The van der Waals surface area contributed by atoms with E-state index in [9.17, 15) is 4.79 Å². The lowest BCUT2D eigenvalue weighted by Crippen LogP contribution is -2.54. The van der Waals surface area contributed by atoms with Gasteiger partial charge in [0.1, 0.15) is 0 Å². The third-order valence-electron chi connectivity index (χ3n) is 2.28. The molecule has 0 bridgehead atoms. The maximum Gasteiger partial charge on any atom is 0.231 e. The zero-order valence-corrected chi connectivity index (χ0v) is 8.54. The summed E-state index contributed by atoms with van der Waals surface area (Å²) in [5.74, 6) is -0.274. The highest BCUT2D eigenvalue weighted by molar-refractivity contribution is 5.76. The molecule has 1 rings (SSSR count). The van der Waals surface area contributed by atoms with Gasteiger partial charge in [-0.3, -0.25) is 9.69 Å². The standard InChI is InChI=1S/C9H18N2O2/c1-7-5-13-9(2,3)6-11(7)4-8(10)12/h7H,4-6H2,1-3H3,(H2,10,12)/t7-/m0/s1. The summed E-state index contributed by atoms with van der Waals surface area (Å²) in [5, 5.41) is 0. The van der Waals surface area contributed by atoms with Crippen LogP contribution in [-0.4, -0.2) is 42.1 Å². The minimum atomic E-state index is -0.274. The van der Waals surface area contributed by atoms with Crippen molar-refractivity contribution in [3.63, 3.8) is 0 Å². The quantitative estimate of drug-likeness (QED) is 0.659. The summed E-state index contributed by atoms with van der Waals surface area (Å²) in [4.78, 5) is 12.8. The largest absolute Gasteiger partial charge is 0.373 e. The fourth-order valence-electron chi connectivity index (χ4n) is 1.55. The molecule has 1 fully saturated rings. The first kappa shape index (κ1) is 10.5. The van der Waals surface area contributed by atoms with E-state index in [1.165, 1.54) is 0 Å². The van der Waals surface area contributed by atoms with Crippen LogP contribution in [0.1, 0.15) is 20.8 Å². The predicted molar refractivity (Wildman–Crippen MR) is 50.3 cm³/mol. The van der Waals surface area contributed by atoms with Crippen LogP contribution in [0.3, 0.4) is 0 Å². The van der Waals surface area contributed by atoms with Crippen molar-refractivity contribution in [3.05, 3.63) is 0 Å². The Morgan fingerprint density at radius 3 is 2.85 bits per heavy atom. The number of primary amides is 1. The monoisotopic (exact) mass is 186 g/mol. The molecule has 4 nitrogen and oxygen atoms in total. The third-order valence-corrected chi connectivity index (χ3v) is 2.28. The molecule has 1 aliphatic rings. The molecule has 0 spiro atoms. The zero-order valence-electron chi connectivity index (χ0n) is 8.54. The fraction of sp³-hybridized carbons (Fsp3) is 0.889. The molecule has 1 aliphatic heterocycles. The van der Waals surface area contributed by atoms with E-state index in [-0.39, 0.29) is 17.6 Å². The molecule has 76 valence electrons. The molecule has 4 heteroatoms. The molecule has 1 saturated heterocycles. The van der Waals surface area contributed by atoms with Crippen molar-refractivity contribution in [1.29, 1.82) is 0 Å². The molecule has 0 aromatic rings. The van der Waals surface area contributed by atoms with Gasteiger partial charge in [-0.15, -0.1) is 0 Å². The number of morpholine rings is 1. The van der Waals surface area contributed by atoms with Crippen molar-refractivity contribution >= 4 is 5.91 Å². The van der Waals surface area contributed by atoms with Gasteiger partial charge in [0.25, 0.3) is 0 Å². The van der Waals surface area contributed by atoms with Gasteiger partial charge in [0.15, 0.2) is 0 Å². The predicted octanol–water partition coefficient (Wildman–Crippen LogP) is -0.0290. The highest BCUT2D eigenvalue weighted by atomic mass is 16.5. The Morgan fingerprint density at radius 1 is 1.69 bits per heavy atom. The molecule has 0 saturated carbocycles. The molecular weight excluding hydrogens is 168 g/mol. The molecule has 1 heterocycles. The van der Waals surface area contributed by atoms with E-state index >= 15 is 0 Å². The van der Waals surface area contributed by atoms with Crippen LogP contribution in [0.15, 0.2) is 0 Å². The first-order chi connectivity index (χ1) is 5.91. The lowest BCUT2D eigenvalue weighted by atomic mass is 10.1. The summed E-state index contributed by atoms with van der Waals surface area (Å²) in [6.45, 7) is 7.84. The number of hydrogen-bond donors (Lipinski definition) is 1. The Balaban J connectivity index is 2.55. The first-order valence-electron chi connectivity index (χ1n) is 4.57. The van der Waals surface area contributed by atoms with Gasteiger partial charge in [0.05, 0.1) is 18.8 Å². The average Bonchev–Trinajstić information content (AvgIpc) is 1.95. The molecule has 0 unspecified atom stereocenters. The van der Waals surface area contributed by atoms with Crippen molar-refractivity contribution in [2.45, 2.75) is 32.4 Å². The van der Waals surface area contributed by atoms with E-state index in [2.05, 4.69) is 4.90 Å². The summed E-state index contributed by atoms with van der Waals surface area (Å²) >= 11 is 0. The highest BCUT2D eigenvalue weighted by Gasteiger charge is 2.31. The maximum atomic E-state index is 10.8. The smallest absolute Gasteiger partial charge is 0.231 e. The second kappa shape index (κ2) is 3.64. The van der Waals surface area contributed by atoms with Crippen molar-refractivity contribution in [1.82, 2.24) is 4.90 Å². The van der Waals surface area contributed by atoms with Crippen LogP contribution < -0.4 is 5.73 Å². The van der Waals surface area contributed by atoms with Gasteiger partial charge in [-0.1, -0.05) is 0 Å². The normalized spacial score (nSPS) is 28.7. The summed E-state index contributed by atoms with van der Waals surface area (Å²) in [6, 6.07) is 0.278. The number of nitrogens with zero attached hydrogens (tertiary/aromatic N) is 1. The number of rotatable bonds is 2. The van der Waals surface area contributed by atoms with Crippen LogP contribution >= 0.6 is 0 Å². The SMILES string of the molecule is C[C@H]1COC(C)(C)CN1CC(N)=O. The Hall–Kier alpha value is -0.610. The van der Waals surface area contributed by atoms with Crippen molar-refractivity contribution in [2.24, 2.45) is 5.73 Å². The number of hydrogen-bond acceptors (Lipinski definition) is 3. The Labute approximate surface area is 79.0 Å². The van der Waals surface area contributed by atoms with E-state index < -0.39 is 0 Å². The van der Waals surface area contributed by atoms with E-state index in [0.717, 1.165) is 6.54 Å². The number of carbonyl (C=O) groups excluding carboxylic acids is 1. The van der Waals surface area contributed by atoms with Gasteiger partial charge in [-0.05, 0) is 20.8 Å². The number of amides is 1. The highest BCUT2D eigenvalue weighted by Crippen LogP contribution is 2.19. The molecule has 0 aromatic heterocycles. The minimum absolute atomic E-state index is 0.165. The zero-order chi connectivity index (χ0) is 10.1. The van der Waals surface area contributed by atoms with Crippen molar-refractivity contribution < 1.29 is 9.53 Å². The molecule has 1 amide bonds. The van der Waals surface area contributed by atoms with Crippen LogP contribution in [0.4, 0.5) is 0 Å². The minimum Gasteiger partial charge on any atom is -0.373 e. The van der Waals surface area contributed by atoms with Gasteiger partial charge >= 0.3 is 0 Å². The summed E-state index contributed by atoms with van der Waals surface area (Å²) in [7, 11) is 0. The Kier molecular flexibility index (Phi) is 2.93. The van der Waals surface area contributed by atoms with E-state index in [1.807, 2.05) is 20.8 Å². The van der Waals surface area contributed by atoms with Crippen LogP contribution in [-0.2, 0) is 9.53 Å². The lowest BCUT2D eigenvalue weighted by Gasteiger charge is -2.41. The van der Waals surface area contributed by atoms with Crippen molar-refractivity contribution in [3.8, 4) is 0 Å². The summed E-state index contributed by atoms with van der Waals surface area (Å²) < 4.78 is 5.60. The van der Waals surface area contributed by atoms with Crippen LogP contribution in [0.5, 0.6) is 0 Å². The lowest BCUT2D eigenvalue weighted by molar-refractivity contribution is -0.130. The molecule has 2 N–H and O–H groups in total. The second-order valence-corrected chi connectivity index (χ2v) is 4.29. The van der Waals surface area contributed by atoms with E-state index in [0.29, 0.717) is 13.2 Å². The second-order valence-electron chi connectivity index (χ2n) is 4.29. The fourth-order valence-corrected chi connectivity index (χ4v) is 1.55. The molecule has 13 heavy (non-hydrogen) atoms. The first-order valence-corrected chi connectivity index (χ1v) is 4.57.